The lowest BCUT2D eigenvalue weighted by Gasteiger charge is -2.34. The largest absolute Gasteiger partial charge is 0.374 e. The molecule has 0 aromatic heterocycles. The smallest absolute Gasteiger partial charge is 0.251 e. The second-order valence-corrected chi connectivity index (χ2v) is 9.78. The molecule has 2 fully saturated rings. The predicted molar refractivity (Wildman–Crippen MR) is 132 cm³/mol. The van der Waals surface area contributed by atoms with Gasteiger partial charge in [-0.25, -0.2) is 0 Å². The van der Waals surface area contributed by atoms with Crippen LogP contribution in [0, 0.1) is 0 Å². The Morgan fingerprint density at radius 2 is 1.69 bits per heavy atom. The maximum atomic E-state index is 12.5. The molecule has 0 radical (unpaired) electrons. The molecule has 32 heavy (non-hydrogen) atoms. The van der Waals surface area contributed by atoms with E-state index in [4.69, 9.17) is 0 Å². The number of fused-ring (bicyclic) bond motifs is 1. The van der Waals surface area contributed by atoms with E-state index in [0.717, 1.165) is 57.4 Å². The molecule has 0 spiro atoms. The van der Waals surface area contributed by atoms with Crippen LogP contribution in [-0.2, 0) is 13.0 Å². The zero-order chi connectivity index (χ0) is 21.9. The normalized spacial score (nSPS) is 19.4. The number of amides is 1. The predicted octanol–water partition coefficient (Wildman–Crippen LogP) is 4.11. The lowest BCUT2D eigenvalue weighted by molar-refractivity contribution is 0.0938. The lowest BCUT2D eigenvalue weighted by atomic mass is 10.0. The van der Waals surface area contributed by atoms with Crippen molar-refractivity contribution >= 4 is 17.3 Å². The van der Waals surface area contributed by atoms with E-state index >= 15 is 0 Å². The van der Waals surface area contributed by atoms with E-state index in [1.54, 1.807) is 0 Å². The summed E-state index contributed by atoms with van der Waals surface area (Å²) in [6, 6.07) is 16.0. The molecule has 2 aromatic carbocycles. The van der Waals surface area contributed by atoms with Crippen molar-refractivity contribution < 1.29 is 4.79 Å². The van der Waals surface area contributed by atoms with Crippen LogP contribution in [0.3, 0.4) is 0 Å². The number of anilines is 2. The Balaban J connectivity index is 1.09. The molecule has 3 aliphatic rings. The molecular weight excluding hydrogens is 396 g/mol. The fourth-order valence-electron chi connectivity index (χ4n) is 5.50. The van der Waals surface area contributed by atoms with Crippen LogP contribution in [0.15, 0.2) is 42.5 Å². The van der Waals surface area contributed by atoms with E-state index in [2.05, 4.69) is 57.8 Å². The van der Waals surface area contributed by atoms with E-state index < -0.39 is 0 Å². The lowest BCUT2D eigenvalue weighted by Crippen LogP contribution is -2.42. The summed E-state index contributed by atoms with van der Waals surface area (Å²) in [7, 11) is 2.18. The molecule has 2 aliphatic heterocycles. The first kappa shape index (κ1) is 21.3. The number of likely N-dealkylation sites (N-methyl/N-ethyl adjacent to an activating group) is 1. The summed E-state index contributed by atoms with van der Waals surface area (Å²) in [6.07, 6.45) is 8.18. The van der Waals surface area contributed by atoms with Crippen LogP contribution in [0.25, 0.3) is 0 Å². The number of benzene rings is 2. The van der Waals surface area contributed by atoms with Gasteiger partial charge in [0.2, 0.25) is 0 Å². The van der Waals surface area contributed by atoms with Crippen molar-refractivity contribution in [1.29, 1.82) is 0 Å². The third-order valence-corrected chi connectivity index (χ3v) is 7.55. The van der Waals surface area contributed by atoms with Gasteiger partial charge in [0.1, 0.15) is 0 Å². The number of hydrogen-bond donors (Lipinski definition) is 2. The first-order chi connectivity index (χ1) is 15.7. The zero-order valence-electron chi connectivity index (χ0n) is 19.3. The molecule has 1 aliphatic carbocycles. The molecule has 1 amide bonds. The Bertz CT molecular complexity index is 927. The molecule has 0 unspecified atom stereocenters. The number of nitrogens with zero attached hydrogens (tertiary/aromatic N) is 2. The number of nitrogens with one attached hydrogen (secondary N) is 2. The van der Waals surface area contributed by atoms with E-state index in [9.17, 15) is 4.79 Å². The maximum absolute atomic E-state index is 12.5. The Morgan fingerprint density at radius 3 is 2.44 bits per heavy atom. The highest BCUT2D eigenvalue weighted by Gasteiger charge is 2.21. The van der Waals surface area contributed by atoms with Crippen LogP contribution in [-0.4, -0.2) is 44.7 Å². The van der Waals surface area contributed by atoms with Crippen molar-refractivity contribution in [2.24, 2.45) is 0 Å². The highest BCUT2D eigenvalue weighted by Crippen LogP contribution is 2.27. The highest BCUT2D eigenvalue weighted by molar-refractivity contribution is 5.94. The first-order valence-electron chi connectivity index (χ1n) is 12.4. The quantitative estimate of drug-likeness (QED) is 0.721. The maximum Gasteiger partial charge on any atom is 0.251 e. The van der Waals surface area contributed by atoms with Crippen molar-refractivity contribution in [3.05, 3.63) is 59.2 Å². The number of hydrogen-bond acceptors (Lipinski definition) is 4. The van der Waals surface area contributed by atoms with Gasteiger partial charge in [-0.2, -0.15) is 0 Å². The molecule has 1 saturated carbocycles. The van der Waals surface area contributed by atoms with Crippen molar-refractivity contribution in [3.63, 3.8) is 0 Å². The molecule has 5 nitrogen and oxygen atoms in total. The van der Waals surface area contributed by atoms with Crippen LogP contribution in [0.5, 0.6) is 0 Å². The van der Waals surface area contributed by atoms with Crippen molar-refractivity contribution in [2.45, 2.75) is 63.6 Å². The zero-order valence-corrected chi connectivity index (χ0v) is 19.3. The van der Waals surface area contributed by atoms with Crippen LogP contribution < -0.4 is 20.4 Å². The highest BCUT2D eigenvalue weighted by atomic mass is 16.1. The molecule has 0 bridgehead atoms. The third-order valence-electron chi connectivity index (χ3n) is 7.55. The second kappa shape index (κ2) is 9.53. The Hall–Kier alpha value is -2.53. The van der Waals surface area contributed by atoms with Gasteiger partial charge in [0.15, 0.2) is 0 Å². The second-order valence-electron chi connectivity index (χ2n) is 9.78. The molecule has 1 saturated heterocycles. The van der Waals surface area contributed by atoms with E-state index in [1.807, 2.05) is 12.1 Å². The summed E-state index contributed by atoms with van der Waals surface area (Å²) < 4.78 is 0. The summed E-state index contributed by atoms with van der Waals surface area (Å²) in [6.45, 7) is 4.20. The molecule has 2 aromatic rings. The SMILES string of the molecule is CN1CCc2cc(CNC3CCN(c4ccc(C(=O)NC5CCCC5)cc4)CC3)ccc21. The minimum absolute atomic E-state index is 0.0737. The Kier molecular flexibility index (Phi) is 6.35. The van der Waals surface area contributed by atoms with E-state index in [0.29, 0.717) is 12.1 Å². The minimum atomic E-state index is 0.0737. The molecule has 0 atom stereocenters. The molecule has 5 heteroatoms. The standard InChI is InChI=1S/C27H36N4O/c1-30-15-12-22-18-20(6-11-26(22)30)19-28-23-13-16-31(17-14-23)25-9-7-21(8-10-25)27(32)29-24-4-2-3-5-24/h6-11,18,23-24,28H,2-5,12-17,19H2,1H3,(H,29,32). The van der Waals surface area contributed by atoms with Gasteiger partial charge in [0.25, 0.3) is 5.91 Å². The average molecular weight is 433 g/mol. The fraction of sp³-hybridized carbons (Fsp3) is 0.519. The van der Waals surface area contributed by atoms with Crippen LogP contribution in [0.1, 0.15) is 60.0 Å². The van der Waals surface area contributed by atoms with Gasteiger partial charge < -0.3 is 20.4 Å². The molecule has 2 N–H and O–H groups in total. The summed E-state index contributed by atoms with van der Waals surface area (Å²) in [5.74, 6) is 0.0737. The fourth-order valence-corrected chi connectivity index (χ4v) is 5.50. The third kappa shape index (κ3) is 4.78. The van der Waals surface area contributed by atoms with E-state index in [-0.39, 0.29) is 5.91 Å². The van der Waals surface area contributed by atoms with Crippen LogP contribution >= 0.6 is 0 Å². The summed E-state index contributed by atoms with van der Waals surface area (Å²) >= 11 is 0. The topological polar surface area (TPSA) is 47.6 Å². The van der Waals surface area contributed by atoms with Gasteiger partial charge in [-0.05, 0) is 73.6 Å². The van der Waals surface area contributed by atoms with Gasteiger partial charge in [0, 0.05) is 62.2 Å². The van der Waals surface area contributed by atoms with Crippen molar-refractivity contribution in [2.75, 3.05) is 36.5 Å². The number of piperidine rings is 1. The summed E-state index contributed by atoms with van der Waals surface area (Å²) in [5, 5.41) is 6.96. The Labute approximate surface area is 192 Å². The van der Waals surface area contributed by atoms with Gasteiger partial charge >= 0.3 is 0 Å². The number of rotatable bonds is 6. The van der Waals surface area contributed by atoms with Gasteiger partial charge in [-0.3, -0.25) is 4.79 Å². The summed E-state index contributed by atoms with van der Waals surface area (Å²) in [5.41, 5.74) is 6.28. The van der Waals surface area contributed by atoms with Gasteiger partial charge in [-0.15, -0.1) is 0 Å². The van der Waals surface area contributed by atoms with Crippen molar-refractivity contribution in [3.8, 4) is 0 Å². The minimum Gasteiger partial charge on any atom is -0.374 e. The molecule has 2 heterocycles. The van der Waals surface area contributed by atoms with Crippen LogP contribution in [0.2, 0.25) is 0 Å². The summed E-state index contributed by atoms with van der Waals surface area (Å²) in [4.78, 5) is 17.3. The molecular formula is C27H36N4O. The number of carbonyl (C=O) groups is 1. The van der Waals surface area contributed by atoms with Gasteiger partial charge in [-0.1, -0.05) is 25.0 Å². The Morgan fingerprint density at radius 1 is 0.938 bits per heavy atom. The van der Waals surface area contributed by atoms with Gasteiger partial charge in [0.05, 0.1) is 0 Å². The van der Waals surface area contributed by atoms with Crippen LogP contribution in [0.4, 0.5) is 11.4 Å². The molecule has 170 valence electrons. The number of carbonyl (C=O) groups excluding carboxylic acids is 1. The van der Waals surface area contributed by atoms with Crippen molar-refractivity contribution in [1.82, 2.24) is 10.6 Å². The monoisotopic (exact) mass is 432 g/mol. The van der Waals surface area contributed by atoms with E-state index in [1.165, 1.54) is 41.8 Å². The first-order valence-corrected chi connectivity index (χ1v) is 12.4. The molecule has 5 rings (SSSR count). The average Bonchev–Trinajstić information content (AvgIpc) is 3.48.